The molecular formula is C51H52O4. The van der Waals surface area contributed by atoms with Crippen LogP contribution in [0.15, 0.2) is 157 Å². The summed E-state index contributed by atoms with van der Waals surface area (Å²) < 4.78 is 18.0. The van der Waals surface area contributed by atoms with Crippen LogP contribution in [0.4, 0.5) is 0 Å². The van der Waals surface area contributed by atoms with Gasteiger partial charge in [0.05, 0.1) is 13.2 Å². The molecule has 6 aromatic rings. The predicted octanol–water partition coefficient (Wildman–Crippen LogP) is 12.9. The van der Waals surface area contributed by atoms with Gasteiger partial charge in [-0.25, -0.2) is 0 Å². The maximum atomic E-state index is 9.77. The van der Waals surface area contributed by atoms with Gasteiger partial charge in [0.2, 0.25) is 0 Å². The van der Waals surface area contributed by atoms with Crippen LogP contribution >= 0.6 is 0 Å². The third-order valence-electron chi connectivity index (χ3n) is 9.54. The van der Waals surface area contributed by atoms with Gasteiger partial charge in [-0.1, -0.05) is 156 Å². The number of aliphatic hydroxyl groups is 1. The Bertz CT molecular complexity index is 2410. The second-order valence-electron chi connectivity index (χ2n) is 13.4. The lowest BCUT2D eigenvalue weighted by molar-refractivity contribution is 0.146. The lowest BCUT2D eigenvalue weighted by Gasteiger charge is -2.20. The molecule has 6 aromatic carbocycles. The number of hydrogen-bond acceptors (Lipinski definition) is 4. The number of allylic oxidation sites excluding steroid dienone is 10. The molecule has 0 aliphatic heterocycles. The van der Waals surface area contributed by atoms with Crippen molar-refractivity contribution in [3.63, 3.8) is 0 Å². The fraction of sp³-hybridized carbons (Fsp3) is 0.216. The molecule has 4 heteroatoms. The minimum absolute atomic E-state index is 0.0840. The van der Waals surface area contributed by atoms with Crippen LogP contribution in [0, 0.1) is 5.92 Å². The summed E-state index contributed by atoms with van der Waals surface area (Å²) in [6.07, 6.45) is 18.7. The molecule has 1 unspecified atom stereocenters. The highest BCUT2D eigenvalue weighted by Crippen LogP contribution is 2.47. The molecule has 0 saturated heterocycles. The molecule has 1 N–H and O–H groups in total. The first-order chi connectivity index (χ1) is 27.1. The van der Waals surface area contributed by atoms with E-state index in [9.17, 15) is 5.11 Å². The Balaban J connectivity index is 0.000000982. The Morgan fingerprint density at radius 3 is 1.82 bits per heavy atom. The zero-order chi connectivity index (χ0) is 38.6. The minimum Gasteiger partial charge on any atom is -0.491 e. The van der Waals surface area contributed by atoms with Crippen LogP contribution in [-0.4, -0.2) is 38.6 Å². The van der Waals surface area contributed by atoms with Crippen molar-refractivity contribution in [3.05, 3.63) is 163 Å². The smallest absolute Gasteiger partial charge is 0.128 e. The summed E-state index contributed by atoms with van der Waals surface area (Å²) >= 11 is 0. The van der Waals surface area contributed by atoms with Gasteiger partial charge in [-0.3, -0.25) is 0 Å². The summed E-state index contributed by atoms with van der Waals surface area (Å²) in [7, 11) is 1.68. The van der Waals surface area contributed by atoms with E-state index in [1.807, 2.05) is 19.9 Å². The molecule has 0 radical (unpaired) electrons. The topological polar surface area (TPSA) is 47.9 Å². The monoisotopic (exact) mass is 728 g/mol. The van der Waals surface area contributed by atoms with Crippen LogP contribution in [0.1, 0.15) is 39.7 Å². The van der Waals surface area contributed by atoms with Gasteiger partial charge < -0.3 is 19.3 Å². The Kier molecular flexibility index (Phi) is 13.5. The predicted molar refractivity (Wildman–Crippen MR) is 234 cm³/mol. The van der Waals surface area contributed by atoms with E-state index in [0.29, 0.717) is 19.0 Å². The molecule has 55 heavy (non-hydrogen) atoms. The number of methoxy groups -OCH3 is 1. The number of ether oxygens (including phenoxy) is 3. The van der Waals surface area contributed by atoms with Crippen LogP contribution in [-0.2, 0) is 4.74 Å². The van der Waals surface area contributed by atoms with Gasteiger partial charge in [-0.2, -0.15) is 0 Å². The summed E-state index contributed by atoms with van der Waals surface area (Å²) in [6, 6.07) is 36.6. The Morgan fingerprint density at radius 1 is 0.582 bits per heavy atom. The van der Waals surface area contributed by atoms with Gasteiger partial charge in [0.1, 0.15) is 24.7 Å². The first-order valence-electron chi connectivity index (χ1n) is 19.6. The van der Waals surface area contributed by atoms with Crippen molar-refractivity contribution in [1.29, 1.82) is 0 Å². The van der Waals surface area contributed by atoms with Crippen molar-refractivity contribution >= 4 is 37.9 Å². The van der Waals surface area contributed by atoms with E-state index in [0.717, 1.165) is 55.1 Å². The second-order valence-corrected chi connectivity index (χ2v) is 13.4. The number of aliphatic hydroxyl groups excluding tert-OH is 1. The third kappa shape index (κ3) is 8.84. The van der Waals surface area contributed by atoms with Crippen LogP contribution in [0.3, 0.4) is 0 Å². The molecule has 1 atom stereocenters. The number of fused-ring (bicyclic) bond motifs is 4. The van der Waals surface area contributed by atoms with Gasteiger partial charge >= 0.3 is 0 Å². The summed E-state index contributed by atoms with van der Waals surface area (Å²) in [6.45, 7) is 9.23. The Labute approximate surface area is 326 Å². The fourth-order valence-corrected chi connectivity index (χ4v) is 7.07. The van der Waals surface area contributed by atoms with Gasteiger partial charge in [0.25, 0.3) is 0 Å². The number of hydrogen-bond donors (Lipinski definition) is 1. The minimum atomic E-state index is -0.0840. The van der Waals surface area contributed by atoms with Crippen LogP contribution in [0.2, 0.25) is 0 Å². The van der Waals surface area contributed by atoms with E-state index in [2.05, 4.69) is 160 Å². The van der Waals surface area contributed by atoms with Gasteiger partial charge in [0, 0.05) is 24.2 Å². The Hall–Kier alpha value is -5.68. The molecule has 0 bridgehead atoms. The lowest BCUT2D eigenvalue weighted by atomic mass is 9.89. The van der Waals surface area contributed by atoms with Crippen molar-refractivity contribution in [3.8, 4) is 33.8 Å². The molecule has 0 aromatic heterocycles. The van der Waals surface area contributed by atoms with Gasteiger partial charge in [-0.15, -0.1) is 0 Å². The normalized spacial score (nSPS) is 14.3. The quantitative estimate of drug-likeness (QED) is 0.143. The SMILES string of the molecule is CC.CCC.COCCOc1ccc2cc(C3=CC=CC4C=CC=CC4=C3)ccc2c1-c1c(OCCO)ccc2cc(-c3ccc4ccccc4c3)ccc12. The lowest BCUT2D eigenvalue weighted by Crippen LogP contribution is -2.07. The zero-order valence-electron chi connectivity index (χ0n) is 32.7. The average molecular weight is 729 g/mol. The highest BCUT2D eigenvalue weighted by Gasteiger charge is 2.21. The van der Waals surface area contributed by atoms with E-state index in [1.165, 1.54) is 28.3 Å². The molecule has 280 valence electrons. The highest BCUT2D eigenvalue weighted by molar-refractivity contribution is 6.11. The molecule has 2 aliphatic rings. The first kappa shape index (κ1) is 39.0. The summed E-state index contributed by atoms with van der Waals surface area (Å²) in [5, 5.41) is 16.5. The van der Waals surface area contributed by atoms with E-state index in [-0.39, 0.29) is 19.1 Å². The van der Waals surface area contributed by atoms with E-state index in [1.54, 1.807) is 7.11 Å². The maximum absolute atomic E-state index is 9.77. The standard InChI is InChI=1S/C46H38O4.C3H8.C2H6/c1-48-25-26-50-44-22-18-39-29-37(35-12-6-11-31-7-2-4-9-33(31)27-35)15-19-42(39)46(44)45-41-20-16-38(30-40(41)17-21-43(45)49-24-23-47)36-14-13-32-8-3-5-10-34(32)28-36;1-3-2;1-2/h2-22,27-31,47H,23-26H2,1H3;3H2,1-2H3;1-2H3. The molecule has 0 heterocycles. The van der Waals surface area contributed by atoms with E-state index < -0.39 is 0 Å². The van der Waals surface area contributed by atoms with Gasteiger partial charge in [-0.05, 0) is 90.5 Å². The number of rotatable bonds is 10. The highest BCUT2D eigenvalue weighted by atomic mass is 16.5. The molecule has 8 rings (SSSR count). The van der Waals surface area contributed by atoms with Crippen molar-refractivity contribution in [2.45, 2.75) is 34.1 Å². The molecular weight excluding hydrogens is 677 g/mol. The zero-order valence-corrected chi connectivity index (χ0v) is 32.7. The van der Waals surface area contributed by atoms with E-state index >= 15 is 0 Å². The first-order valence-corrected chi connectivity index (χ1v) is 19.6. The summed E-state index contributed by atoms with van der Waals surface area (Å²) in [5.74, 6) is 1.74. The molecule has 0 saturated carbocycles. The molecule has 0 fully saturated rings. The fourth-order valence-electron chi connectivity index (χ4n) is 7.07. The number of benzene rings is 6. The van der Waals surface area contributed by atoms with Crippen LogP contribution in [0.25, 0.3) is 60.1 Å². The Morgan fingerprint density at radius 2 is 1.15 bits per heavy atom. The molecule has 4 nitrogen and oxygen atoms in total. The largest absolute Gasteiger partial charge is 0.491 e. The van der Waals surface area contributed by atoms with E-state index in [4.69, 9.17) is 14.2 Å². The average Bonchev–Trinajstić information content (AvgIpc) is 3.46. The summed E-state index contributed by atoms with van der Waals surface area (Å²) in [5.41, 5.74) is 7.79. The molecule has 0 spiro atoms. The third-order valence-corrected chi connectivity index (χ3v) is 9.54. The van der Waals surface area contributed by atoms with Crippen molar-refractivity contribution in [2.24, 2.45) is 5.92 Å². The summed E-state index contributed by atoms with van der Waals surface area (Å²) in [4.78, 5) is 0. The van der Waals surface area contributed by atoms with Crippen molar-refractivity contribution < 1.29 is 19.3 Å². The maximum Gasteiger partial charge on any atom is 0.128 e. The second kappa shape index (κ2) is 19.1. The van der Waals surface area contributed by atoms with Crippen molar-refractivity contribution in [1.82, 2.24) is 0 Å². The van der Waals surface area contributed by atoms with Gasteiger partial charge in [0.15, 0.2) is 0 Å². The van der Waals surface area contributed by atoms with Crippen LogP contribution in [0.5, 0.6) is 11.5 Å². The van der Waals surface area contributed by atoms with Crippen LogP contribution < -0.4 is 9.47 Å². The van der Waals surface area contributed by atoms with Crippen molar-refractivity contribution in [2.75, 3.05) is 33.5 Å². The molecule has 2 aliphatic carbocycles. The molecule has 0 amide bonds.